The van der Waals surface area contributed by atoms with Crippen molar-refractivity contribution in [1.82, 2.24) is 9.78 Å². The number of anilines is 1. The Balaban J connectivity index is 1.96. The van der Waals surface area contributed by atoms with Crippen molar-refractivity contribution in [2.75, 3.05) is 5.32 Å². The van der Waals surface area contributed by atoms with Crippen LogP contribution in [-0.2, 0) is 25.3 Å². The molecule has 1 aliphatic rings. The number of hydrogen-bond acceptors (Lipinski definition) is 2. The molecule has 4 nitrogen and oxygen atoms in total. The third kappa shape index (κ3) is 2.56. The molecule has 122 valence electrons. The Morgan fingerprint density at radius 1 is 1.39 bits per heavy atom. The molecule has 3 rings (SSSR count). The first-order chi connectivity index (χ1) is 10.8. The number of amides is 1. The Labute approximate surface area is 137 Å². The van der Waals surface area contributed by atoms with Gasteiger partial charge in [0, 0.05) is 18.4 Å². The first kappa shape index (κ1) is 15.8. The number of aryl methyl sites for hydroxylation is 2. The molecule has 0 fully saturated rings. The Hall–Kier alpha value is -2.10. The van der Waals surface area contributed by atoms with Crippen molar-refractivity contribution < 1.29 is 4.79 Å². The quantitative estimate of drug-likeness (QED) is 0.938. The number of fused-ring (bicyclic) bond motifs is 1. The highest BCUT2D eigenvalue weighted by Gasteiger charge is 2.31. The van der Waals surface area contributed by atoms with E-state index in [0.29, 0.717) is 5.56 Å². The second-order valence-electron chi connectivity index (χ2n) is 7.05. The molecule has 23 heavy (non-hydrogen) atoms. The van der Waals surface area contributed by atoms with Crippen LogP contribution in [0.3, 0.4) is 0 Å². The lowest BCUT2D eigenvalue weighted by atomic mass is 9.86. The third-order valence-corrected chi connectivity index (χ3v) is 5.12. The van der Waals surface area contributed by atoms with E-state index in [1.54, 1.807) is 4.68 Å². The van der Waals surface area contributed by atoms with Crippen molar-refractivity contribution in [3.8, 4) is 0 Å². The SMILES string of the molecule is CCc1nn(C)c(C)c1C(=O)Nc1cccc2c1CCC2(C)C. The van der Waals surface area contributed by atoms with Gasteiger partial charge >= 0.3 is 0 Å². The maximum absolute atomic E-state index is 12.8. The summed E-state index contributed by atoms with van der Waals surface area (Å²) in [6.45, 7) is 8.51. The number of nitrogens with zero attached hydrogens (tertiary/aromatic N) is 2. The largest absolute Gasteiger partial charge is 0.322 e. The maximum atomic E-state index is 12.8. The number of nitrogens with one attached hydrogen (secondary N) is 1. The average molecular weight is 311 g/mol. The zero-order chi connectivity index (χ0) is 16.8. The Bertz CT molecular complexity index is 771. The number of aromatic nitrogens is 2. The second-order valence-corrected chi connectivity index (χ2v) is 7.05. The molecular weight excluding hydrogens is 286 g/mol. The minimum atomic E-state index is -0.0504. The normalized spacial score (nSPS) is 15.5. The number of carbonyl (C=O) groups is 1. The van der Waals surface area contributed by atoms with E-state index in [-0.39, 0.29) is 11.3 Å². The molecule has 0 aliphatic heterocycles. The van der Waals surface area contributed by atoms with Crippen molar-refractivity contribution >= 4 is 11.6 Å². The van der Waals surface area contributed by atoms with Crippen LogP contribution in [-0.4, -0.2) is 15.7 Å². The number of rotatable bonds is 3. The first-order valence-corrected chi connectivity index (χ1v) is 8.31. The molecule has 0 unspecified atom stereocenters. The van der Waals surface area contributed by atoms with Gasteiger partial charge in [-0.3, -0.25) is 9.48 Å². The van der Waals surface area contributed by atoms with Crippen LogP contribution >= 0.6 is 0 Å². The molecule has 0 radical (unpaired) electrons. The third-order valence-electron chi connectivity index (χ3n) is 5.12. The van der Waals surface area contributed by atoms with Gasteiger partial charge in [0.1, 0.15) is 0 Å². The number of hydrogen-bond donors (Lipinski definition) is 1. The molecular formula is C19H25N3O. The smallest absolute Gasteiger partial charge is 0.259 e. The highest BCUT2D eigenvalue weighted by Crippen LogP contribution is 2.41. The molecule has 0 bridgehead atoms. The molecule has 1 heterocycles. The fourth-order valence-electron chi connectivity index (χ4n) is 3.58. The number of benzene rings is 1. The lowest BCUT2D eigenvalue weighted by Crippen LogP contribution is -2.16. The van der Waals surface area contributed by atoms with Crippen LogP contribution in [0.4, 0.5) is 5.69 Å². The molecule has 0 saturated carbocycles. The van der Waals surface area contributed by atoms with E-state index in [2.05, 4.69) is 30.3 Å². The Morgan fingerprint density at radius 3 is 2.83 bits per heavy atom. The van der Waals surface area contributed by atoms with Crippen LogP contribution in [0, 0.1) is 6.92 Å². The van der Waals surface area contributed by atoms with Crippen LogP contribution in [0.1, 0.15) is 60.1 Å². The molecule has 1 aromatic carbocycles. The molecule has 0 saturated heterocycles. The summed E-state index contributed by atoms with van der Waals surface area (Å²) < 4.78 is 1.78. The van der Waals surface area contributed by atoms with Crippen molar-refractivity contribution in [2.45, 2.75) is 52.4 Å². The van der Waals surface area contributed by atoms with Crippen molar-refractivity contribution in [3.63, 3.8) is 0 Å². The molecule has 1 amide bonds. The summed E-state index contributed by atoms with van der Waals surface area (Å²) in [5.74, 6) is -0.0504. The van der Waals surface area contributed by atoms with Gasteiger partial charge in [-0.05, 0) is 48.8 Å². The van der Waals surface area contributed by atoms with E-state index in [9.17, 15) is 4.79 Å². The molecule has 0 spiro atoms. The molecule has 4 heteroatoms. The summed E-state index contributed by atoms with van der Waals surface area (Å²) in [7, 11) is 1.88. The second kappa shape index (κ2) is 5.52. The van der Waals surface area contributed by atoms with E-state index in [4.69, 9.17) is 0 Å². The fraction of sp³-hybridized carbons (Fsp3) is 0.474. The fourth-order valence-corrected chi connectivity index (χ4v) is 3.58. The van der Waals surface area contributed by atoms with Gasteiger partial charge in [-0.1, -0.05) is 32.9 Å². The van der Waals surface area contributed by atoms with Gasteiger partial charge in [-0.15, -0.1) is 0 Å². The highest BCUT2D eigenvalue weighted by molar-refractivity contribution is 6.06. The summed E-state index contributed by atoms with van der Waals surface area (Å²) in [5, 5.41) is 7.58. The van der Waals surface area contributed by atoms with Gasteiger partial charge in [-0.2, -0.15) is 5.10 Å². The lowest BCUT2D eigenvalue weighted by Gasteiger charge is -2.19. The molecule has 1 aromatic heterocycles. The average Bonchev–Trinajstić information content (AvgIpc) is 2.97. The topological polar surface area (TPSA) is 46.9 Å². The van der Waals surface area contributed by atoms with Gasteiger partial charge in [0.15, 0.2) is 0 Å². The van der Waals surface area contributed by atoms with Gasteiger partial charge in [-0.25, -0.2) is 0 Å². The van der Waals surface area contributed by atoms with E-state index >= 15 is 0 Å². The lowest BCUT2D eigenvalue weighted by molar-refractivity contribution is 0.102. The van der Waals surface area contributed by atoms with E-state index in [0.717, 1.165) is 36.3 Å². The highest BCUT2D eigenvalue weighted by atomic mass is 16.1. The van der Waals surface area contributed by atoms with Crippen LogP contribution < -0.4 is 5.32 Å². The van der Waals surface area contributed by atoms with E-state index < -0.39 is 0 Å². The minimum absolute atomic E-state index is 0.0504. The van der Waals surface area contributed by atoms with Crippen molar-refractivity contribution in [3.05, 3.63) is 46.3 Å². The van der Waals surface area contributed by atoms with Gasteiger partial charge in [0.2, 0.25) is 0 Å². The van der Waals surface area contributed by atoms with Crippen molar-refractivity contribution in [2.24, 2.45) is 7.05 Å². The predicted molar refractivity (Wildman–Crippen MR) is 93.1 cm³/mol. The monoisotopic (exact) mass is 311 g/mol. The summed E-state index contributed by atoms with van der Waals surface area (Å²) in [4.78, 5) is 12.8. The summed E-state index contributed by atoms with van der Waals surface area (Å²) in [6, 6.07) is 6.23. The standard InChI is InChI=1S/C19H25N3O/c1-6-15-17(12(2)22(5)21-15)18(23)20-16-9-7-8-14-13(16)10-11-19(14,3)4/h7-9H,6,10-11H2,1-5H3,(H,20,23). The zero-order valence-electron chi connectivity index (χ0n) is 14.7. The maximum Gasteiger partial charge on any atom is 0.259 e. The summed E-state index contributed by atoms with van der Waals surface area (Å²) in [5.41, 5.74) is 6.25. The van der Waals surface area contributed by atoms with Gasteiger partial charge < -0.3 is 5.32 Å². The van der Waals surface area contributed by atoms with E-state index in [1.807, 2.05) is 33.0 Å². The van der Waals surface area contributed by atoms with E-state index in [1.165, 1.54) is 11.1 Å². The summed E-state index contributed by atoms with van der Waals surface area (Å²) >= 11 is 0. The predicted octanol–water partition coefficient (Wildman–Crippen LogP) is 3.77. The van der Waals surface area contributed by atoms with Gasteiger partial charge in [0.25, 0.3) is 5.91 Å². The van der Waals surface area contributed by atoms with Crippen LogP contribution in [0.2, 0.25) is 0 Å². The van der Waals surface area contributed by atoms with Crippen LogP contribution in [0.15, 0.2) is 18.2 Å². The first-order valence-electron chi connectivity index (χ1n) is 8.31. The Kier molecular flexibility index (Phi) is 3.78. The van der Waals surface area contributed by atoms with Crippen LogP contribution in [0.5, 0.6) is 0 Å². The molecule has 1 aliphatic carbocycles. The summed E-state index contributed by atoms with van der Waals surface area (Å²) in [6.07, 6.45) is 2.90. The van der Waals surface area contributed by atoms with Crippen LogP contribution in [0.25, 0.3) is 0 Å². The molecule has 2 aromatic rings. The number of carbonyl (C=O) groups excluding carboxylic acids is 1. The van der Waals surface area contributed by atoms with Gasteiger partial charge in [0.05, 0.1) is 11.3 Å². The van der Waals surface area contributed by atoms with Crippen molar-refractivity contribution in [1.29, 1.82) is 0 Å². The molecule has 0 atom stereocenters. The Morgan fingerprint density at radius 2 is 2.13 bits per heavy atom. The molecule has 1 N–H and O–H groups in total. The zero-order valence-corrected chi connectivity index (χ0v) is 14.7. The minimum Gasteiger partial charge on any atom is -0.322 e.